The normalized spacial score (nSPS) is 10.6. The van der Waals surface area contributed by atoms with Crippen LogP contribution in [0.2, 0.25) is 0 Å². The van der Waals surface area contributed by atoms with Gasteiger partial charge in [-0.2, -0.15) is 0 Å². The van der Waals surface area contributed by atoms with Crippen molar-refractivity contribution >= 4 is 45.7 Å². The molecular weight excluding hydrogens is 416 g/mol. The molecule has 8 nitrogen and oxygen atoms in total. The fraction of sp³-hybridized carbons (Fsp3) is 0.0455. The van der Waals surface area contributed by atoms with E-state index in [1.165, 1.54) is 18.2 Å². The second kappa shape index (κ2) is 8.33. The fourth-order valence-corrected chi connectivity index (χ4v) is 3.30. The molecule has 4 rings (SSSR count). The first-order chi connectivity index (χ1) is 14.9. The Morgan fingerprint density at radius 3 is 2.61 bits per heavy atom. The van der Waals surface area contributed by atoms with E-state index in [9.17, 15) is 14.9 Å². The van der Waals surface area contributed by atoms with Crippen molar-refractivity contribution in [3.05, 3.63) is 88.0 Å². The molecule has 31 heavy (non-hydrogen) atoms. The van der Waals surface area contributed by atoms with Crippen LogP contribution in [0.15, 0.2) is 71.1 Å². The zero-order chi connectivity index (χ0) is 22.0. The molecule has 0 atom stereocenters. The van der Waals surface area contributed by atoms with Gasteiger partial charge in [-0.1, -0.05) is 30.3 Å². The third-order valence-electron chi connectivity index (χ3n) is 4.59. The zero-order valence-corrected chi connectivity index (χ0v) is 17.1. The summed E-state index contributed by atoms with van der Waals surface area (Å²) in [5, 5.41) is 16.5. The van der Waals surface area contributed by atoms with Crippen LogP contribution < -0.4 is 10.6 Å². The molecule has 0 aliphatic rings. The number of amides is 1. The molecule has 1 heterocycles. The predicted octanol–water partition coefficient (Wildman–Crippen LogP) is 4.84. The largest absolute Gasteiger partial charge is 0.436 e. The highest BCUT2D eigenvalue weighted by molar-refractivity contribution is 7.80. The molecule has 0 unspecified atom stereocenters. The minimum Gasteiger partial charge on any atom is -0.436 e. The summed E-state index contributed by atoms with van der Waals surface area (Å²) < 4.78 is 5.85. The third kappa shape index (κ3) is 4.26. The van der Waals surface area contributed by atoms with Gasteiger partial charge >= 0.3 is 0 Å². The van der Waals surface area contributed by atoms with Gasteiger partial charge in [0.2, 0.25) is 5.89 Å². The zero-order valence-electron chi connectivity index (χ0n) is 16.3. The molecule has 0 saturated carbocycles. The summed E-state index contributed by atoms with van der Waals surface area (Å²) in [4.78, 5) is 27.4. The van der Waals surface area contributed by atoms with Crippen molar-refractivity contribution in [3.8, 4) is 11.5 Å². The number of nitrogens with one attached hydrogen (secondary N) is 2. The van der Waals surface area contributed by atoms with Crippen LogP contribution in [-0.4, -0.2) is 20.9 Å². The number of aryl methyl sites for hydroxylation is 1. The highest BCUT2D eigenvalue weighted by Gasteiger charge is 2.20. The third-order valence-corrected chi connectivity index (χ3v) is 4.80. The molecule has 0 saturated heterocycles. The number of nitro groups is 1. The maximum atomic E-state index is 12.4. The standard InChI is InChI=1S/C22H16N4O4S/c1-13-6-2-3-7-15(13)21-24-17-12-14(10-11-19(17)30-21)23-22(31)25-20(27)16-8-4-5-9-18(16)26(28)29/h2-12H,1H3,(H2,23,25,27,31). The van der Waals surface area contributed by atoms with Crippen molar-refractivity contribution in [1.82, 2.24) is 10.3 Å². The van der Waals surface area contributed by atoms with Crippen LogP contribution >= 0.6 is 12.2 Å². The van der Waals surface area contributed by atoms with Crippen molar-refractivity contribution in [2.75, 3.05) is 5.32 Å². The lowest BCUT2D eigenvalue weighted by Crippen LogP contribution is -2.34. The maximum Gasteiger partial charge on any atom is 0.282 e. The van der Waals surface area contributed by atoms with Gasteiger partial charge in [0.1, 0.15) is 11.1 Å². The van der Waals surface area contributed by atoms with Gasteiger partial charge in [-0.25, -0.2) is 4.98 Å². The predicted molar refractivity (Wildman–Crippen MR) is 121 cm³/mol. The average molecular weight is 432 g/mol. The molecule has 154 valence electrons. The first-order valence-corrected chi connectivity index (χ1v) is 9.65. The maximum absolute atomic E-state index is 12.4. The number of nitro benzene ring substituents is 1. The number of thiocarbonyl (C=S) groups is 1. The molecule has 0 fully saturated rings. The Balaban J connectivity index is 1.51. The molecule has 0 aliphatic heterocycles. The number of carbonyl (C=O) groups is 1. The van der Waals surface area contributed by atoms with Crippen LogP contribution in [0.4, 0.5) is 11.4 Å². The number of para-hydroxylation sites is 1. The van der Waals surface area contributed by atoms with E-state index in [0.717, 1.165) is 11.1 Å². The first kappa shape index (κ1) is 20.2. The Morgan fingerprint density at radius 2 is 1.84 bits per heavy atom. The van der Waals surface area contributed by atoms with E-state index in [-0.39, 0.29) is 16.4 Å². The van der Waals surface area contributed by atoms with Crippen LogP contribution in [-0.2, 0) is 0 Å². The van der Waals surface area contributed by atoms with Gasteiger partial charge in [-0.05, 0) is 55.0 Å². The van der Waals surface area contributed by atoms with Crippen LogP contribution in [0.5, 0.6) is 0 Å². The van der Waals surface area contributed by atoms with Crippen molar-refractivity contribution in [1.29, 1.82) is 0 Å². The number of nitrogens with zero attached hydrogens (tertiary/aromatic N) is 2. The Labute approximate surface area is 182 Å². The fourth-order valence-electron chi connectivity index (χ4n) is 3.09. The molecule has 0 bridgehead atoms. The molecule has 0 spiro atoms. The van der Waals surface area contributed by atoms with Gasteiger partial charge < -0.3 is 9.73 Å². The topological polar surface area (TPSA) is 110 Å². The van der Waals surface area contributed by atoms with Gasteiger partial charge in [-0.3, -0.25) is 20.2 Å². The molecule has 0 radical (unpaired) electrons. The van der Waals surface area contributed by atoms with Gasteiger partial charge in [-0.15, -0.1) is 0 Å². The molecule has 1 aromatic heterocycles. The Bertz CT molecular complexity index is 1330. The summed E-state index contributed by atoms with van der Waals surface area (Å²) in [6.07, 6.45) is 0. The number of benzene rings is 3. The summed E-state index contributed by atoms with van der Waals surface area (Å²) in [6, 6.07) is 18.7. The lowest BCUT2D eigenvalue weighted by Gasteiger charge is -2.09. The number of aromatic nitrogens is 1. The summed E-state index contributed by atoms with van der Waals surface area (Å²) in [5.41, 5.74) is 3.40. The minimum absolute atomic E-state index is 0.00474. The Hall–Kier alpha value is -4.11. The van der Waals surface area contributed by atoms with Crippen molar-refractivity contribution in [2.45, 2.75) is 6.92 Å². The Kier molecular flexibility index (Phi) is 5.42. The molecule has 3 aromatic carbocycles. The lowest BCUT2D eigenvalue weighted by atomic mass is 10.1. The van der Waals surface area contributed by atoms with E-state index in [4.69, 9.17) is 16.6 Å². The molecule has 2 N–H and O–H groups in total. The second-order valence-electron chi connectivity index (χ2n) is 6.70. The monoisotopic (exact) mass is 432 g/mol. The highest BCUT2D eigenvalue weighted by atomic mass is 32.1. The van der Waals surface area contributed by atoms with Crippen molar-refractivity contribution < 1.29 is 14.1 Å². The van der Waals surface area contributed by atoms with Gasteiger partial charge in [0.05, 0.1) is 4.92 Å². The first-order valence-electron chi connectivity index (χ1n) is 9.25. The molecule has 9 heteroatoms. The second-order valence-corrected chi connectivity index (χ2v) is 7.11. The number of anilines is 1. The highest BCUT2D eigenvalue weighted by Crippen LogP contribution is 2.28. The van der Waals surface area contributed by atoms with Crippen LogP contribution in [0.3, 0.4) is 0 Å². The molecule has 1 amide bonds. The van der Waals surface area contributed by atoms with Crippen molar-refractivity contribution in [3.63, 3.8) is 0 Å². The molecular formula is C22H16N4O4S. The molecule has 4 aromatic rings. The van der Waals surface area contributed by atoms with E-state index in [0.29, 0.717) is 22.7 Å². The van der Waals surface area contributed by atoms with Crippen molar-refractivity contribution in [2.24, 2.45) is 0 Å². The number of hydrogen-bond donors (Lipinski definition) is 2. The number of rotatable bonds is 4. The number of hydrogen-bond acceptors (Lipinski definition) is 6. The number of carbonyl (C=O) groups excluding carboxylic acids is 1. The van der Waals surface area contributed by atoms with Crippen LogP contribution in [0.1, 0.15) is 15.9 Å². The van der Waals surface area contributed by atoms with E-state index < -0.39 is 10.8 Å². The Morgan fingerprint density at radius 1 is 1.10 bits per heavy atom. The summed E-state index contributed by atoms with van der Waals surface area (Å²) in [6.45, 7) is 1.98. The molecule has 0 aliphatic carbocycles. The van der Waals surface area contributed by atoms with E-state index in [1.54, 1.807) is 24.3 Å². The van der Waals surface area contributed by atoms with Crippen LogP contribution in [0.25, 0.3) is 22.6 Å². The minimum atomic E-state index is -0.672. The summed E-state index contributed by atoms with van der Waals surface area (Å²) in [5.74, 6) is -0.160. The lowest BCUT2D eigenvalue weighted by molar-refractivity contribution is -0.385. The summed E-state index contributed by atoms with van der Waals surface area (Å²) >= 11 is 5.19. The quantitative estimate of drug-likeness (QED) is 0.270. The van der Waals surface area contributed by atoms with Crippen LogP contribution in [0, 0.1) is 17.0 Å². The van der Waals surface area contributed by atoms with E-state index in [2.05, 4.69) is 15.6 Å². The van der Waals surface area contributed by atoms with Gasteiger partial charge in [0, 0.05) is 17.3 Å². The summed E-state index contributed by atoms with van der Waals surface area (Å²) in [7, 11) is 0. The van der Waals surface area contributed by atoms with Gasteiger partial charge in [0.25, 0.3) is 11.6 Å². The van der Waals surface area contributed by atoms with E-state index >= 15 is 0 Å². The SMILES string of the molecule is Cc1ccccc1-c1nc2cc(NC(=S)NC(=O)c3ccccc3[N+](=O)[O-])ccc2o1. The average Bonchev–Trinajstić information content (AvgIpc) is 3.17. The van der Waals surface area contributed by atoms with Gasteiger partial charge in [0.15, 0.2) is 10.7 Å². The number of oxazole rings is 1. The smallest absolute Gasteiger partial charge is 0.282 e. The van der Waals surface area contributed by atoms with E-state index in [1.807, 2.05) is 31.2 Å². The number of fused-ring (bicyclic) bond motifs is 1.